The molecule has 0 aliphatic carbocycles. The van der Waals surface area contributed by atoms with Gasteiger partial charge in [0.15, 0.2) is 0 Å². The van der Waals surface area contributed by atoms with Crippen molar-refractivity contribution in [1.82, 2.24) is 10.2 Å². The van der Waals surface area contributed by atoms with Gasteiger partial charge in [-0.15, -0.1) is 12.4 Å². The zero-order valence-corrected chi connectivity index (χ0v) is 27.2. The van der Waals surface area contributed by atoms with E-state index in [1.54, 1.807) is 30.3 Å². The average Bonchev–Trinajstić information content (AvgIpc) is 3.03. The number of carbonyl (C=O) groups is 2. The van der Waals surface area contributed by atoms with E-state index in [2.05, 4.69) is 34.5 Å². The average molecular weight is 690 g/mol. The van der Waals surface area contributed by atoms with Crippen LogP contribution in [0.15, 0.2) is 103 Å². The van der Waals surface area contributed by atoms with Crippen LogP contribution in [0.4, 0.5) is 13.2 Å². The molecule has 47 heavy (non-hydrogen) atoms. The van der Waals surface area contributed by atoms with Gasteiger partial charge in [-0.1, -0.05) is 96.5 Å². The zero-order valence-electron chi connectivity index (χ0n) is 25.6. The van der Waals surface area contributed by atoms with Gasteiger partial charge in [0.05, 0.1) is 30.0 Å². The number of benzene rings is 4. The second-order valence-electron chi connectivity index (χ2n) is 10.9. The highest BCUT2D eigenvalue weighted by molar-refractivity contribution is 6.32. The van der Waals surface area contributed by atoms with Gasteiger partial charge >= 0.3 is 12.1 Å². The summed E-state index contributed by atoms with van der Waals surface area (Å²) in [6, 6.07) is 31.1. The number of rotatable bonds is 16. The van der Waals surface area contributed by atoms with Crippen molar-refractivity contribution in [2.24, 2.45) is 0 Å². The van der Waals surface area contributed by atoms with Gasteiger partial charge in [-0.2, -0.15) is 13.2 Å². The molecule has 0 spiro atoms. The van der Waals surface area contributed by atoms with Crippen LogP contribution >= 0.6 is 24.0 Å². The Morgan fingerprint density at radius 3 is 2.15 bits per heavy atom. The molecule has 0 aliphatic rings. The number of halogens is 5. The standard InChI is InChI=1S/C36H36ClF3N2O4.ClH/c37-35-29(15-8-17-32(35)36(38,39)40)24-42(25-31(27-11-3-1-4-12-27)28-13-5-2-6-14-28)20-9-21-46-30-16-7-10-26(22-30)23-33(43)41-19-18-34(44)45;/h1-8,10-17,22,31H,9,18-21,23-25H2,(H,41,43)(H,44,45);1H. The van der Waals surface area contributed by atoms with Crippen LogP contribution in [-0.2, 0) is 28.7 Å². The van der Waals surface area contributed by atoms with Gasteiger partial charge in [-0.3, -0.25) is 14.5 Å². The molecule has 250 valence electrons. The highest BCUT2D eigenvalue weighted by atomic mass is 35.5. The number of hydrogen-bond donors (Lipinski definition) is 2. The third-order valence-corrected chi connectivity index (χ3v) is 7.88. The maximum atomic E-state index is 13.7. The van der Waals surface area contributed by atoms with E-state index >= 15 is 0 Å². The zero-order chi connectivity index (χ0) is 32.9. The fourth-order valence-electron chi connectivity index (χ4n) is 5.21. The molecule has 0 saturated carbocycles. The quantitative estimate of drug-likeness (QED) is 0.117. The fourth-order valence-corrected chi connectivity index (χ4v) is 5.50. The van der Waals surface area contributed by atoms with Crippen molar-refractivity contribution >= 4 is 35.9 Å². The molecular weight excluding hydrogens is 652 g/mol. The number of nitrogens with zero attached hydrogens (tertiary/aromatic N) is 1. The van der Waals surface area contributed by atoms with Gasteiger partial charge in [0, 0.05) is 32.1 Å². The number of hydrogen-bond acceptors (Lipinski definition) is 4. The molecular formula is C36H37Cl2F3N2O4. The largest absolute Gasteiger partial charge is 0.494 e. The minimum absolute atomic E-state index is 0. The predicted octanol–water partition coefficient (Wildman–Crippen LogP) is 8.02. The summed E-state index contributed by atoms with van der Waals surface area (Å²) < 4.78 is 46.9. The van der Waals surface area contributed by atoms with Crippen LogP contribution in [0.1, 0.15) is 46.6 Å². The molecule has 6 nitrogen and oxygen atoms in total. The lowest BCUT2D eigenvalue weighted by Gasteiger charge is -2.29. The molecule has 0 bridgehead atoms. The lowest BCUT2D eigenvalue weighted by molar-refractivity contribution is -0.138. The van der Waals surface area contributed by atoms with Crippen molar-refractivity contribution in [1.29, 1.82) is 0 Å². The van der Waals surface area contributed by atoms with E-state index in [1.165, 1.54) is 6.07 Å². The predicted molar refractivity (Wildman–Crippen MR) is 179 cm³/mol. The van der Waals surface area contributed by atoms with Crippen molar-refractivity contribution in [2.45, 2.75) is 37.9 Å². The van der Waals surface area contributed by atoms with Gasteiger partial charge < -0.3 is 15.2 Å². The number of alkyl halides is 3. The molecule has 0 atom stereocenters. The molecule has 0 heterocycles. The minimum atomic E-state index is -4.56. The Kier molecular flexibility index (Phi) is 14.6. The summed E-state index contributed by atoms with van der Waals surface area (Å²) >= 11 is 6.32. The second kappa shape index (κ2) is 18.3. The van der Waals surface area contributed by atoms with Gasteiger partial charge in [-0.05, 0) is 46.9 Å². The van der Waals surface area contributed by atoms with Gasteiger partial charge in [0.25, 0.3) is 0 Å². The van der Waals surface area contributed by atoms with Crippen LogP contribution < -0.4 is 10.1 Å². The van der Waals surface area contributed by atoms with Crippen molar-refractivity contribution < 1.29 is 32.6 Å². The van der Waals surface area contributed by atoms with Crippen molar-refractivity contribution in [3.8, 4) is 5.75 Å². The number of nitrogens with one attached hydrogen (secondary N) is 1. The molecule has 1 amide bonds. The van der Waals surface area contributed by atoms with Crippen LogP contribution in [0.2, 0.25) is 5.02 Å². The number of carboxylic acids is 1. The molecule has 0 radical (unpaired) electrons. The van der Waals surface area contributed by atoms with E-state index in [0.29, 0.717) is 37.4 Å². The van der Waals surface area contributed by atoms with E-state index in [-0.39, 0.29) is 55.2 Å². The Balaban J connectivity index is 0.00000600. The lowest BCUT2D eigenvalue weighted by atomic mass is 9.90. The first-order valence-electron chi connectivity index (χ1n) is 15.0. The first kappa shape index (κ1) is 37.4. The van der Waals surface area contributed by atoms with Crippen molar-refractivity contribution in [3.63, 3.8) is 0 Å². The van der Waals surface area contributed by atoms with Crippen LogP contribution in [-0.4, -0.2) is 48.1 Å². The topological polar surface area (TPSA) is 78.9 Å². The molecule has 0 aromatic heterocycles. The summed E-state index contributed by atoms with van der Waals surface area (Å²) in [5, 5.41) is 11.0. The van der Waals surface area contributed by atoms with Crippen LogP contribution in [0.25, 0.3) is 0 Å². The number of amides is 1. The highest BCUT2D eigenvalue weighted by Gasteiger charge is 2.34. The van der Waals surface area contributed by atoms with E-state index < -0.39 is 17.7 Å². The molecule has 4 aromatic carbocycles. The van der Waals surface area contributed by atoms with Gasteiger partial charge in [-0.25, -0.2) is 0 Å². The maximum absolute atomic E-state index is 13.7. The Bertz CT molecular complexity index is 1530. The van der Waals surface area contributed by atoms with Crippen molar-refractivity contribution in [2.75, 3.05) is 26.2 Å². The second-order valence-corrected chi connectivity index (χ2v) is 11.3. The molecule has 0 saturated heterocycles. The minimum Gasteiger partial charge on any atom is -0.494 e. The van der Waals surface area contributed by atoms with E-state index in [9.17, 15) is 22.8 Å². The molecule has 0 unspecified atom stereocenters. The monoisotopic (exact) mass is 688 g/mol. The molecule has 4 aromatic rings. The summed E-state index contributed by atoms with van der Waals surface area (Å²) in [4.78, 5) is 24.9. The maximum Gasteiger partial charge on any atom is 0.417 e. The normalized spacial score (nSPS) is 11.3. The first-order chi connectivity index (χ1) is 22.1. The summed E-state index contributed by atoms with van der Waals surface area (Å²) in [5.41, 5.74) is 2.45. The molecule has 4 rings (SSSR count). The summed E-state index contributed by atoms with van der Waals surface area (Å²) in [6.07, 6.45) is -4.05. The smallest absolute Gasteiger partial charge is 0.417 e. The summed E-state index contributed by atoms with van der Waals surface area (Å²) in [7, 11) is 0. The fraction of sp³-hybridized carbons (Fsp3) is 0.278. The van der Waals surface area contributed by atoms with E-state index in [4.69, 9.17) is 21.4 Å². The highest BCUT2D eigenvalue weighted by Crippen LogP contribution is 2.37. The Morgan fingerprint density at radius 1 is 0.894 bits per heavy atom. The third kappa shape index (κ3) is 11.9. The third-order valence-electron chi connectivity index (χ3n) is 7.43. The summed E-state index contributed by atoms with van der Waals surface area (Å²) in [5.74, 6) is -0.725. The van der Waals surface area contributed by atoms with Gasteiger partial charge in [0.2, 0.25) is 5.91 Å². The van der Waals surface area contributed by atoms with Crippen LogP contribution in [0, 0.1) is 0 Å². The molecule has 0 fully saturated rings. The van der Waals surface area contributed by atoms with E-state index in [0.717, 1.165) is 22.8 Å². The Labute approximate surface area is 283 Å². The molecule has 11 heteroatoms. The van der Waals surface area contributed by atoms with Gasteiger partial charge in [0.1, 0.15) is 5.75 Å². The molecule has 0 aliphatic heterocycles. The van der Waals surface area contributed by atoms with Crippen molar-refractivity contribution in [3.05, 3.63) is 136 Å². The summed E-state index contributed by atoms with van der Waals surface area (Å²) in [6.45, 7) is 1.66. The van der Waals surface area contributed by atoms with Crippen LogP contribution in [0.5, 0.6) is 5.75 Å². The van der Waals surface area contributed by atoms with E-state index in [1.807, 2.05) is 36.4 Å². The lowest BCUT2D eigenvalue weighted by Crippen LogP contribution is -2.31. The number of carbonyl (C=O) groups excluding carboxylic acids is 1. The number of aliphatic carboxylic acids is 1. The first-order valence-corrected chi connectivity index (χ1v) is 15.3. The molecule has 2 N–H and O–H groups in total. The SMILES string of the molecule is Cl.O=C(O)CCNC(=O)Cc1cccc(OCCCN(Cc2cccc(C(F)(F)F)c2Cl)CC(c2ccccc2)c2ccccc2)c1. The Morgan fingerprint density at radius 2 is 1.53 bits per heavy atom. The Hall–Kier alpha value is -4.05. The number of ether oxygens (including phenoxy) is 1. The van der Waals surface area contributed by atoms with Crippen LogP contribution in [0.3, 0.4) is 0 Å². The number of carboxylic acid groups (broad SMARTS) is 1.